The number of nitrogens with zero attached hydrogens (tertiary/aromatic N) is 5. The van der Waals surface area contributed by atoms with Gasteiger partial charge in [0.1, 0.15) is 17.9 Å². The Labute approximate surface area is 185 Å². The molecule has 1 atom stereocenters. The zero-order valence-electron chi connectivity index (χ0n) is 17.3. The van der Waals surface area contributed by atoms with Crippen LogP contribution >= 0.6 is 0 Å². The number of benzene rings is 1. The monoisotopic (exact) mass is 454 g/mol. The van der Waals surface area contributed by atoms with Crippen molar-refractivity contribution >= 4 is 11.5 Å². The van der Waals surface area contributed by atoms with Crippen molar-refractivity contribution in [3.63, 3.8) is 0 Å². The number of nitrogens with one attached hydrogen (secondary N) is 1. The number of rotatable bonds is 2. The van der Waals surface area contributed by atoms with Gasteiger partial charge in [-0.25, -0.2) is 23.1 Å². The Kier molecular flexibility index (Phi) is 4.39. The number of hydrogen-bond donors (Lipinski definition) is 1. The van der Waals surface area contributed by atoms with Gasteiger partial charge in [0.15, 0.2) is 23.0 Å². The molecule has 5 heterocycles. The number of pyridine rings is 1. The first kappa shape index (κ1) is 19.8. The Hall–Kier alpha value is -3.89. The summed E-state index contributed by atoms with van der Waals surface area (Å²) in [6.45, 7) is 2.51. The summed E-state index contributed by atoms with van der Waals surface area (Å²) in [5, 5.41) is 11.5. The Balaban J connectivity index is 1.49. The SMILES string of the molecule is Cc1nc(C(F)F)ncc1-c1cc2c(n3cnnc13)NCc1c(F)ccc3c1[C@@H](CO3)CO2. The number of alkyl halides is 2. The Morgan fingerprint density at radius 2 is 1.97 bits per heavy atom. The van der Waals surface area contributed by atoms with E-state index in [-0.39, 0.29) is 24.9 Å². The highest BCUT2D eigenvalue weighted by Crippen LogP contribution is 2.42. The van der Waals surface area contributed by atoms with Crippen LogP contribution in [-0.2, 0) is 6.54 Å². The van der Waals surface area contributed by atoms with Gasteiger partial charge < -0.3 is 14.8 Å². The molecule has 6 rings (SSSR count). The van der Waals surface area contributed by atoms with Crippen molar-refractivity contribution in [2.75, 3.05) is 18.5 Å². The van der Waals surface area contributed by atoms with E-state index in [1.165, 1.54) is 18.6 Å². The molecular weight excluding hydrogens is 437 g/mol. The van der Waals surface area contributed by atoms with Crippen LogP contribution in [0.4, 0.5) is 19.0 Å². The minimum absolute atomic E-state index is 0.131. The first-order valence-electron chi connectivity index (χ1n) is 10.3. The molecule has 2 aliphatic rings. The fraction of sp³-hybridized carbons (Fsp3) is 0.273. The number of anilines is 1. The summed E-state index contributed by atoms with van der Waals surface area (Å²) < 4.78 is 54.4. The zero-order chi connectivity index (χ0) is 22.7. The predicted octanol–water partition coefficient (Wildman–Crippen LogP) is 4.05. The summed E-state index contributed by atoms with van der Waals surface area (Å²) in [5.41, 5.74) is 3.29. The van der Waals surface area contributed by atoms with Crippen molar-refractivity contribution in [3.05, 3.63) is 59.2 Å². The third-order valence-electron chi connectivity index (χ3n) is 6.00. The molecule has 0 unspecified atom stereocenters. The maximum Gasteiger partial charge on any atom is 0.297 e. The van der Waals surface area contributed by atoms with Gasteiger partial charge in [-0.05, 0) is 25.1 Å². The van der Waals surface area contributed by atoms with Gasteiger partial charge >= 0.3 is 0 Å². The van der Waals surface area contributed by atoms with Crippen molar-refractivity contribution in [1.82, 2.24) is 24.6 Å². The molecule has 1 N–H and O–H groups in total. The highest BCUT2D eigenvalue weighted by Gasteiger charge is 2.32. The summed E-state index contributed by atoms with van der Waals surface area (Å²) >= 11 is 0. The lowest BCUT2D eigenvalue weighted by Crippen LogP contribution is -2.13. The summed E-state index contributed by atoms with van der Waals surface area (Å²) in [6, 6.07) is 4.80. The molecule has 4 aromatic rings. The first-order valence-corrected chi connectivity index (χ1v) is 10.3. The van der Waals surface area contributed by atoms with E-state index in [0.29, 0.717) is 52.0 Å². The van der Waals surface area contributed by atoms with Gasteiger partial charge in [-0.2, -0.15) is 0 Å². The van der Waals surface area contributed by atoms with Crippen LogP contribution < -0.4 is 14.8 Å². The van der Waals surface area contributed by atoms with Gasteiger partial charge in [0.2, 0.25) is 0 Å². The van der Waals surface area contributed by atoms with E-state index < -0.39 is 12.2 Å². The smallest absolute Gasteiger partial charge is 0.297 e. The van der Waals surface area contributed by atoms with Gasteiger partial charge in [-0.1, -0.05) is 0 Å². The van der Waals surface area contributed by atoms with Crippen LogP contribution in [0.15, 0.2) is 30.7 Å². The maximum atomic E-state index is 14.7. The van der Waals surface area contributed by atoms with Crippen molar-refractivity contribution in [2.24, 2.45) is 0 Å². The third-order valence-corrected chi connectivity index (χ3v) is 6.00. The molecule has 168 valence electrons. The standard InChI is InChI=1S/C22H17F3N6O2/c1-10-13(5-26-20(29-10)19(24)25)12-4-17-22(31-9-28-30-21(12)31)27-6-14-15(23)2-3-16-18(14)11(7-32-16)8-33-17/h2-5,9,11,19,27H,6-8H2,1H3/t11-/m0/s1. The lowest BCUT2D eigenvalue weighted by atomic mass is 9.96. The molecule has 8 nitrogen and oxygen atoms in total. The van der Waals surface area contributed by atoms with E-state index in [2.05, 4.69) is 25.5 Å². The molecule has 11 heteroatoms. The molecule has 3 aromatic heterocycles. The van der Waals surface area contributed by atoms with Crippen molar-refractivity contribution in [2.45, 2.75) is 25.8 Å². The highest BCUT2D eigenvalue weighted by atomic mass is 19.3. The number of aromatic nitrogens is 5. The van der Waals surface area contributed by atoms with Crippen LogP contribution in [-0.4, -0.2) is 37.8 Å². The molecule has 0 amide bonds. The van der Waals surface area contributed by atoms with E-state index >= 15 is 0 Å². The molecule has 0 spiro atoms. The Morgan fingerprint density at radius 3 is 2.76 bits per heavy atom. The quantitative estimate of drug-likeness (QED) is 0.489. The molecule has 33 heavy (non-hydrogen) atoms. The predicted molar refractivity (Wildman–Crippen MR) is 111 cm³/mol. The fourth-order valence-electron chi connectivity index (χ4n) is 4.44. The Bertz CT molecular complexity index is 1410. The van der Waals surface area contributed by atoms with E-state index in [1.54, 1.807) is 23.5 Å². The normalized spacial score (nSPS) is 16.8. The molecule has 0 saturated heterocycles. The van der Waals surface area contributed by atoms with Gasteiger partial charge in [0.05, 0.1) is 19.1 Å². The van der Waals surface area contributed by atoms with Crippen LogP contribution in [0.5, 0.6) is 11.5 Å². The van der Waals surface area contributed by atoms with E-state index in [1.807, 2.05) is 0 Å². The largest absolute Gasteiger partial charge is 0.493 e. The lowest BCUT2D eigenvalue weighted by Gasteiger charge is -2.17. The van der Waals surface area contributed by atoms with Crippen molar-refractivity contribution in [1.29, 1.82) is 0 Å². The summed E-state index contributed by atoms with van der Waals surface area (Å²) in [6.07, 6.45) is 0.0967. The molecule has 0 radical (unpaired) electrons. The fourth-order valence-corrected chi connectivity index (χ4v) is 4.44. The first-order chi connectivity index (χ1) is 16.0. The number of hydrogen-bond acceptors (Lipinski definition) is 7. The van der Waals surface area contributed by atoms with Gasteiger partial charge in [-0.3, -0.25) is 4.40 Å². The van der Waals surface area contributed by atoms with Crippen LogP contribution in [0.2, 0.25) is 0 Å². The van der Waals surface area contributed by atoms with E-state index in [4.69, 9.17) is 9.47 Å². The molecule has 0 saturated carbocycles. The number of fused-ring (bicyclic) bond motifs is 3. The number of halogens is 3. The highest BCUT2D eigenvalue weighted by molar-refractivity contribution is 5.82. The van der Waals surface area contributed by atoms with Gasteiger partial charge in [-0.15, -0.1) is 10.2 Å². The van der Waals surface area contributed by atoms with Crippen molar-refractivity contribution < 1.29 is 22.6 Å². The number of aryl methyl sites for hydroxylation is 1. The molecule has 0 fully saturated rings. The van der Waals surface area contributed by atoms with Gasteiger partial charge in [0, 0.05) is 40.7 Å². The minimum atomic E-state index is -2.77. The van der Waals surface area contributed by atoms with E-state index in [0.717, 1.165) is 5.56 Å². The average molecular weight is 454 g/mol. The second-order valence-corrected chi connectivity index (χ2v) is 7.93. The van der Waals surface area contributed by atoms with Crippen LogP contribution in [0.3, 0.4) is 0 Å². The lowest BCUT2D eigenvalue weighted by molar-refractivity contribution is 0.140. The topological polar surface area (TPSA) is 86.5 Å². The zero-order valence-corrected chi connectivity index (χ0v) is 17.3. The summed E-state index contributed by atoms with van der Waals surface area (Å²) in [4.78, 5) is 7.74. The number of ether oxygens (including phenoxy) is 2. The van der Waals surface area contributed by atoms with E-state index in [9.17, 15) is 13.2 Å². The minimum Gasteiger partial charge on any atom is -0.493 e. The second-order valence-electron chi connectivity index (χ2n) is 7.93. The molecule has 0 bridgehead atoms. The molecular formula is C22H17F3N6O2. The molecule has 1 aromatic carbocycles. The average Bonchev–Trinajstić information content (AvgIpc) is 3.45. The third kappa shape index (κ3) is 3.06. The van der Waals surface area contributed by atoms with Crippen molar-refractivity contribution in [3.8, 4) is 22.6 Å². The van der Waals surface area contributed by atoms with Gasteiger partial charge in [0.25, 0.3) is 6.43 Å². The molecule has 2 aliphatic heterocycles. The van der Waals surface area contributed by atoms with Crippen LogP contribution in [0.25, 0.3) is 16.8 Å². The maximum absolute atomic E-state index is 14.7. The van der Waals surface area contributed by atoms with Crippen LogP contribution in [0, 0.1) is 12.7 Å². The summed E-state index contributed by atoms with van der Waals surface area (Å²) in [5.74, 6) is 0.717. The Morgan fingerprint density at radius 1 is 1.15 bits per heavy atom. The molecule has 0 aliphatic carbocycles. The summed E-state index contributed by atoms with van der Waals surface area (Å²) in [7, 11) is 0. The van der Waals surface area contributed by atoms with Crippen LogP contribution in [0.1, 0.15) is 35.0 Å². The second kappa shape index (κ2) is 7.32.